The van der Waals surface area contributed by atoms with Crippen molar-refractivity contribution in [2.75, 3.05) is 7.11 Å². The highest BCUT2D eigenvalue weighted by atomic mass is 16.5. The number of aliphatic hydroxyl groups is 1. The van der Waals surface area contributed by atoms with Crippen LogP contribution in [-0.2, 0) is 4.74 Å². The van der Waals surface area contributed by atoms with Gasteiger partial charge in [-0.3, -0.25) is 0 Å². The molecule has 1 fully saturated rings. The van der Waals surface area contributed by atoms with Crippen LogP contribution in [0, 0.1) is 0 Å². The first-order valence-corrected chi connectivity index (χ1v) is 5.41. The molecule has 2 nitrogen and oxygen atoms in total. The highest BCUT2D eigenvalue weighted by Gasteiger charge is 2.28. The minimum absolute atomic E-state index is 0.283. The summed E-state index contributed by atoms with van der Waals surface area (Å²) in [5, 5.41) is 10.2. The Morgan fingerprint density at radius 3 is 2.46 bits per heavy atom. The van der Waals surface area contributed by atoms with Crippen LogP contribution in [0.4, 0.5) is 0 Å². The van der Waals surface area contributed by atoms with Gasteiger partial charge in [0.25, 0.3) is 0 Å². The lowest BCUT2D eigenvalue weighted by molar-refractivity contribution is -0.0180. The van der Waals surface area contributed by atoms with Crippen molar-refractivity contribution in [2.45, 2.75) is 63.6 Å². The zero-order valence-electron chi connectivity index (χ0n) is 8.88. The standard InChI is InChI=1S/C11H22O2/c1-10(13-2)6-9-11(12)7-4-3-5-8-11/h10,12H,3-9H2,1-2H3. The summed E-state index contributed by atoms with van der Waals surface area (Å²) in [5.74, 6) is 0. The van der Waals surface area contributed by atoms with Crippen LogP contribution < -0.4 is 0 Å². The minimum atomic E-state index is -0.370. The summed E-state index contributed by atoms with van der Waals surface area (Å²) in [6, 6.07) is 0. The van der Waals surface area contributed by atoms with Gasteiger partial charge in [-0.05, 0) is 32.6 Å². The van der Waals surface area contributed by atoms with Gasteiger partial charge in [-0.2, -0.15) is 0 Å². The second kappa shape index (κ2) is 4.97. The Hall–Kier alpha value is -0.0800. The maximum absolute atomic E-state index is 10.2. The first-order chi connectivity index (χ1) is 6.16. The van der Waals surface area contributed by atoms with Gasteiger partial charge in [0, 0.05) is 7.11 Å². The molecule has 1 aliphatic carbocycles. The first-order valence-electron chi connectivity index (χ1n) is 5.41. The fourth-order valence-corrected chi connectivity index (χ4v) is 2.05. The van der Waals surface area contributed by atoms with E-state index in [1.54, 1.807) is 7.11 Å². The van der Waals surface area contributed by atoms with Crippen LogP contribution in [0.5, 0.6) is 0 Å². The number of methoxy groups -OCH3 is 1. The number of ether oxygens (including phenoxy) is 1. The van der Waals surface area contributed by atoms with Crippen molar-refractivity contribution in [2.24, 2.45) is 0 Å². The van der Waals surface area contributed by atoms with Crippen LogP contribution in [0.25, 0.3) is 0 Å². The van der Waals surface area contributed by atoms with E-state index in [2.05, 4.69) is 6.92 Å². The van der Waals surface area contributed by atoms with Crippen molar-refractivity contribution < 1.29 is 9.84 Å². The highest BCUT2D eigenvalue weighted by molar-refractivity contribution is 4.82. The maximum Gasteiger partial charge on any atom is 0.0648 e. The van der Waals surface area contributed by atoms with Gasteiger partial charge < -0.3 is 9.84 Å². The zero-order valence-corrected chi connectivity index (χ0v) is 8.88. The second-order valence-corrected chi connectivity index (χ2v) is 4.37. The third-order valence-corrected chi connectivity index (χ3v) is 3.20. The molecule has 2 heteroatoms. The summed E-state index contributed by atoms with van der Waals surface area (Å²) in [5.41, 5.74) is -0.370. The van der Waals surface area contributed by atoms with Gasteiger partial charge in [0.1, 0.15) is 0 Å². The molecule has 0 aliphatic heterocycles. The number of hydrogen-bond acceptors (Lipinski definition) is 2. The van der Waals surface area contributed by atoms with E-state index < -0.39 is 0 Å². The Morgan fingerprint density at radius 2 is 1.92 bits per heavy atom. The van der Waals surface area contributed by atoms with E-state index in [1.807, 2.05) is 0 Å². The Labute approximate surface area is 81.3 Å². The van der Waals surface area contributed by atoms with Crippen molar-refractivity contribution in [3.63, 3.8) is 0 Å². The molecular weight excluding hydrogens is 164 g/mol. The maximum atomic E-state index is 10.2. The molecule has 0 heterocycles. The van der Waals surface area contributed by atoms with Crippen LogP contribution in [0.2, 0.25) is 0 Å². The predicted molar refractivity (Wildman–Crippen MR) is 53.7 cm³/mol. The van der Waals surface area contributed by atoms with E-state index in [4.69, 9.17) is 4.74 Å². The lowest BCUT2D eigenvalue weighted by atomic mass is 9.81. The fraction of sp³-hybridized carbons (Fsp3) is 1.00. The average Bonchev–Trinajstić information content (AvgIpc) is 2.15. The highest BCUT2D eigenvalue weighted by Crippen LogP contribution is 2.32. The summed E-state index contributed by atoms with van der Waals surface area (Å²) in [6.45, 7) is 2.06. The van der Waals surface area contributed by atoms with Crippen molar-refractivity contribution in [1.29, 1.82) is 0 Å². The molecule has 13 heavy (non-hydrogen) atoms. The summed E-state index contributed by atoms with van der Waals surface area (Å²) in [4.78, 5) is 0. The summed E-state index contributed by atoms with van der Waals surface area (Å²) >= 11 is 0. The van der Waals surface area contributed by atoms with Gasteiger partial charge in [0.05, 0.1) is 11.7 Å². The molecule has 1 aliphatic rings. The first kappa shape index (κ1) is 11.0. The molecule has 1 atom stereocenters. The van der Waals surface area contributed by atoms with Crippen molar-refractivity contribution in [3.05, 3.63) is 0 Å². The monoisotopic (exact) mass is 186 g/mol. The van der Waals surface area contributed by atoms with E-state index in [1.165, 1.54) is 19.3 Å². The van der Waals surface area contributed by atoms with Crippen LogP contribution >= 0.6 is 0 Å². The van der Waals surface area contributed by atoms with Gasteiger partial charge in [-0.15, -0.1) is 0 Å². The molecule has 0 aromatic rings. The molecule has 1 rings (SSSR count). The lowest BCUT2D eigenvalue weighted by Crippen LogP contribution is -2.32. The zero-order chi connectivity index (χ0) is 9.73. The van der Waals surface area contributed by atoms with E-state index in [0.29, 0.717) is 0 Å². The van der Waals surface area contributed by atoms with Gasteiger partial charge in [0.2, 0.25) is 0 Å². The average molecular weight is 186 g/mol. The summed E-state index contributed by atoms with van der Waals surface area (Å²) < 4.78 is 5.18. The molecule has 0 aromatic carbocycles. The number of hydrogen-bond donors (Lipinski definition) is 1. The van der Waals surface area contributed by atoms with Gasteiger partial charge >= 0.3 is 0 Å². The lowest BCUT2D eigenvalue weighted by Gasteiger charge is -2.32. The molecule has 78 valence electrons. The van der Waals surface area contributed by atoms with Gasteiger partial charge in [-0.25, -0.2) is 0 Å². The molecule has 0 amide bonds. The third-order valence-electron chi connectivity index (χ3n) is 3.20. The van der Waals surface area contributed by atoms with E-state index >= 15 is 0 Å². The molecular formula is C11H22O2. The molecule has 0 bridgehead atoms. The summed E-state index contributed by atoms with van der Waals surface area (Å²) in [6.07, 6.45) is 7.82. The van der Waals surface area contributed by atoms with Crippen LogP contribution in [-0.4, -0.2) is 23.9 Å². The van der Waals surface area contributed by atoms with Crippen molar-refractivity contribution in [1.82, 2.24) is 0 Å². The topological polar surface area (TPSA) is 29.5 Å². The third kappa shape index (κ3) is 3.65. The largest absolute Gasteiger partial charge is 0.390 e. The molecule has 0 spiro atoms. The predicted octanol–water partition coefficient (Wildman–Crippen LogP) is 2.50. The second-order valence-electron chi connectivity index (χ2n) is 4.37. The van der Waals surface area contributed by atoms with E-state index in [-0.39, 0.29) is 11.7 Å². The minimum Gasteiger partial charge on any atom is -0.390 e. The van der Waals surface area contributed by atoms with Crippen LogP contribution in [0.1, 0.15) is 51.9 Å². The number of rotatable bonds is 4. The van der Waals surface area contributed by atoms with Crippen LogP contribution in [0.3, 0.4) is 0 Å². The molecule has 0 aromatic heterocycles. The fourth-order valence-electron chi connectivity index (χ4n) is 2.05. The SMILES string of the molecule is COC(C)CCC1(O)CCCCC1. The Kier molecular flexibility index (Phi) is 4.20. The molecule has 1 saturated carbocycles. The molecule has 1 unspecified atom stereocenters. The smallest absolute Gasteiger partial charge is 0.0648 e. The Morgan fingerprint density at radius 1 is 1.31 bits per heavy atom. The van der Waals surface area contributed by atoms with Crippen molar-refractivity contribution in [3.8, 4) is 0 Å². The van der Waals surface area contributed by atoms with E-state index in [9.17, 15) is 5.11 Å². The molecule has 0 radical (unpaired) electrons. The Bertz CT molecular complexity index is 139. The quantitative estimate of drug-likeness (QED) is 0.731. The molecule has 0 saturated heterocycles. The van der Waals surface area contributed by atoms with Crippen molar-refractivity contribution >= 4 is 0 Å². The molecule has 1 N–H and O–H groups in total. The van der Waals surface area contributed by atoms with Crippen LogP contribution in [0.15, 0.2) is 0 Å². The Balaban J connectivity index is 2.24. The van der Waals surface area contributed by atoms with E-state index in [0.717, 1.165) is 25.7 Å². The summed E-state index contributed by atoms with van der Waals surface area (Å²) in [7, 11) is 1.73. The van der Waals surface area contributed by atoms with Gasteiger partial charge in [0.15, 0.2) is 0 Å². The van der Waals surface area contributed by atoms with Gasteiger partial charge in [-0.1, -0.05) is 19.3 Å². The normalized spacial score (nSPS) is 24.2.